The minimum Gasteiger partial charge on any atom is -0.480 e. The van der Waals surface area contributed by atoms with Crippen LogP contribution in [0.3, 0.4) is 0 Å². The first-order valence-corrected chi connectivity index (χ1v) is 11.0. The molecule has 0 fully saturated rings. The highest BCUT2D eigenvalue weighted by Gasteiger charge is 2.33. The van der Waals surface area contributed by atoms with Crippen molar-refractivity contribution in [3.05, 3.63) is 65.1 Å². The van der Waals surface area contributed by atoms with Gasteiger partial charge in [0.15, 0.2) is 0 Å². The first-order valence-electron chi connectivity index (χ1n) is 11.0. The molecule has 2 aromatic rings. The van der Waals surface area contributed by atoms with Gasteiger partial charge >= 0.3 is 5.97 Å². The molecule has 1 aromatic carbocycles. The van der Waals surface area contributed by atoms with Gasteiger partial charge in [0.1, 0.15) is 18.4 Å². The molecule has 3 rings (SSSR count). The van der Waals surface area contributed by atoms with Gasteiger partial charge in [-0.1, -0.05) is 37.6 Å². The van der Waals surface area contributed by atoms with Crippen molar-refractivity contribution in [2.75, 3.05) is 6.61 Å². The van der Waals surface area contributed by atoms with E-state index in [0.29, 0.717) is 18.3 Å². The van der Waals surface area contributed by atoms with E-state index in [0.717, 1.165) is 29.5 Å². The molecule has 1 aliphatic heterocycles. The van der Waals surface area contributed by atoms with E-state index in [1.807, 2.05) is 18.2 Å². The average Bonchev–Trinajstić information content (AvgIpc) is 3.29. The fourth-order valence-corrected chi connectivity index (χ4v) is 3.64. The number of carboxylic acids is 1. The molecule has 170 valence electrons. The Hall–Kier alpha value is -3.35. The number of carboxylic acid groups (broad SMARTS) is 1. The highest BCUT2D eigenvalue weighted by atomic mass is 16.6. The fraction of sp³-hybridized carbons (Fsp3) is 0.400. The smallest absolute Gasteiger partial charge is 0.326 e. The van der Waals surface area contributed by atoms with Gasteiger partial charge < -0.3 is 19.3 Å². The van der Waals surface area contributed by atoms with Crippen molar-refractivity contribution in [2.24, 2.45) is 11.1 Å². The van der Waals surface area contributed by atoms with Crippen molar-refractivity contribution >= 4 is 24.2 Å². The van der Waals surface area contributed by atoms with Gasteiger partial charge in [-0.05, 0) is 59.7 Å². The first kappa shape index (κ1) is 23.3. The summed E-state index contributed by atoms with van der Waals surface area (Å²) in [5.41, 5.74) is 2.67. The molecular formula is C25H30N2O5. The SMILES string of the molecule is CC(C)CCCCON=Cc1ccc2c(c1)CN(C(=O)/C=C/c1ccco1)[C@H](C(=O)O)C2. The van der Waals surface area contributed by atoms with Crippen LogP contribution < -0.4 is 0 Å². The van der Waals surface area contributed by atoms with Gasteiger partial charge in [0.25, 0.3) is 0 Å². The summed E-state index contributed by atoms with van der Waals surface area (Å²) < 4.78 is 5.20. The molecule has 0 unspecified atom stereocenters. The number of hydrogen-bond acceptors (Lipinski definition) is 5. The number of rotatable bonds is 10. The van der Waals surface area contributed by atoms with Gasteiger partial charge in [0.2, 0.25) is 5.91 Å². The third-order valence-electron chi connectivity index (χ3n) is 5.41. The highest BCUT2D eigenvalue weighted by molar-refractivity contribution is 5.94. The molecule has 1 atom stereocenters. The monoisotopic (exact) mass is 438 g/mol. The van der Waals surface area contributed by atoms with Crippen molar-refractivity contribution in [2.45, 2.75) is 52.1 Å². The molecule has 1 N–H and O–H groups in total. The maximum Gasteiger partial charge on any atom is 0.326 e. The molecule has 0 spiro atoms. The highest BCUT2D eigenvalue weighted by Crippen LogP contribution is 2.25. The molecule has 0 saturated carbocycles. The van der Waals surface area contributed by atoms with Gasteiger partial charge in [0, 0.05) is 19.0 Å². The second kappa shape index (κ2) is 11.3. The van der Waals surface area contributed by atoms with Crippen LogP contribution in [0.1, 0.15) is 55.6 Å². The number of unbranched alkanes of at least 4 members (excludes halogenated alkanes) is 1. The molecule has 7 heteroatoms. The molecule has 0 radical (unpaired) electrons. The molecule has 0 bridgehead atoms. The number of aliphatic carboxylic acids is 1. The quantitative estimate of drug-likeness (QED) is 0.255. The topological polar surface area (TPSA) is 92.3 Å². The number of nitrogens with zero attached hydrogens (tertiary/aromatic N) is 2. The maximum absolute atomic E-state index is 12.7. The Morgan fingerprint density at radius 1 is 1.28 bits per heavy atom. The largest absolute Gasteiger partial charge is 0.480 e. The third-order valence-corrected chi connectivity index (χ3v) is 5.41. The van der Waals surface area contributed by atoms with Crippen LogP contribution in [0.25, 0.3) is 6.08 Å². The van der Waals surface area contributed by atoms with Gasteiger partial charge in [0.05, 0.1) is 12.5 Å². The van der Waals surface area contributed by atoms with E-state index in [-0.39, 0.29) is 18.9 Å². The summed E-state index contributed by atoms with van der Waals surface area (Å²) >= 11 is 0. The Balaban J connectivity index is 1.64. The van der Waals surface area contributed by atoms with Gasteiger partial charge in [-0.15, -0.1) is 0 Å². The molecule has 32 heavy (non-hydrogen) atoms. The van der Waals surface area contributed by atoms with Crippen LogP contribution in [0.4, 0.5) is 0 Å². The number of fused-ring (bicyclic) bond motifs is 1. The van der Waals surface area contributed by atoms with Crippen LogP contribution in [0.2, 0.25) is 0 Å². The van der Waals surface area contributed by atoms with Gasteiger partial charge in [-0.3, -0.25) is 4.79 Å². The normalized spacial score (nSPS) is 16.1. The summed E-state index contributed by atoms with van der Waals surface area (Å²) in [5.74, 6) is -0.165. The summed E-state index contributed by atoms with van der Waals surface area (Å²) in [6.07, 6.45) is 9.58. The van der Waals surface area contributed by atoms with Crippen LogP contribution in [0, 0.1) is 5.92 Å². The lowest BCUT2D eigenvalue weighted by atomic mass is 9.92. The van der Waals surface area contributed by atoms with E-state index in [4.69, 9.17) is 9.25 Å². The van der Waals surface area contributed by atoms with Crippen LogP contribution in [0.5, 0.6) is 0 Å². The van der Waals surface area contributed by atoms with Crippen LogP contribution in [0.15, 0.2) is 52.2 Å². The van der Waals surface area contributed by atoms with Gasteiger partial charge in [-0.25, -0.2) is 4.79 Å². The van der Waals surface area contributed by atoms with E-state index < -0.39 is 12.0 Å². The molecule has 1 aliphatic rings. The Kier molecular flexibility index (Phi) is 8.25. The summed E-state index contributed by atoms with van der Waals surface area (Å²) in [4.78, 5) is 31.2. The van der Waals surface area contributed by atoms with Crippen molar-refractivity contribution in [3.8, 4) is 0 Å². The first-order chi connectivity index (χ1) is 15.4. The predicted molar refractivity (Wildman–Crippen MR) is 122 cm³/mol. The number of amides is 1. The Labute approximate surface area is 188 Å². The number of benzene rings is 1. The molecular weight excluding hydrogens is 408 g/mol. The zero-order valence-electron chi connectivity index (χ0n) is 18.6. The summed E-state index contributed by atoms with van der Waals surface area (Å²) in [7, 11) is 0. The van der Waals surface area contributed by atoms with E-state index in [1.165, 1.54) is 23.7 Å². The maximum atomic E-state index is 12.7. The number of furan rings is 1. The number of carbonyl (C=O) groups is 2. The fourth-order valence-electron chi connectivity index (χ4n) is 3.64. The molecule has 1 aromatic heterocycles. The van der Waals surface area contributed by atoms with Crippen molar-refractivity contribution in [3.63, 3.8) is 0 Å². The number of oxime groups is 1. The Bertz CT molecular complexity index is 963. The summed E-state index contributed by atoms with van der Waals surface area (Å²) in [6.45, 7) is 5.21. The summed E-state index contributed by atoms with van der Waals surface area (Å²) in [6, 6.07) is 8.25. The number of hydrogen-bond donors (Lipinski definition) is 1. The molecule has 1 amide bonds. The second-order valence-electron chi connectivity index (χ2n) is 8.36. The van der Waals surface area contributed by atoms with Crippen LogP contribution in [-0.4, -0.2) is 40.7 Å². The second-order valence-corrected chi connectivity index (χ2v) is 8.36. The van der Waals surface area contributed by atoms with E-state index >= 15 is 0 Å². The zero-order valence-corrected chi connectivity index (χ0v) is 18.6. The standard InChI is InChI=1S/C25H30N2O5/c1-18(2)6-3-4-13-32-26-16-19-8-9-20-15-23(25(29)30)27(17-21(20)14-19)24(28)11-10-22-7-5-12-31-22/h5,7-12,14,16,18,23H,3-4,6,13,15,17H2,1-2H3,(H,29,30)/b11-10+,26-16?/t23-/m0/s1. The zero-order chi connectivity index (χ0) is 22.9. The van der Waals surface area contributed by atoms with Crippen LogP contribution in [-0.2, 0) is 27.4 Å². The van der Waals surface area contributed by atoms with Crippen molar-refractivity contribution in [1.82, 2.24) is 4.90 Å². The molecule has 2 heterocycles. The average molecular weight is 439 g/mol. The molecule has 0 aliphatic carbocycles. The van der Waals surface area contributed by atoms with Crippen LogP contribution >= 0.6 is 0 Å². The molecule has 0 saturated heterocycles. The van der Waals surface area contributed by atoms with Crippen molar-refractivity contribution in [1.29, 1.82) is 0 Å². The third kappa shape index (κ3) is 6.57. The van der Waals surface area contributed by atoms with E-state index in [1.54, 1.807) is 24.4 Å². The van der Waals surface area contributed by atoms with E-state index in [2.05, 4.69) is 19.0 Å². The Morgan fingerprint density at radius 2 is 2.12 bits per heavy atom. The predicted octanol–water partition coefficient (Wildman–Crippen LogP) is 4.51. The Morgan fingerprint density at radius 3 is 2.84 bits per heavy atom. The number of carbonyl (C=O) groups excluding carboxylic acids is 1. The lowest BCUT2D eigenvalue weighted by Crippen LogP contribution is -2.48. The van der Waals surface area contributed by atoms with E-state index in [9.17, 15) is 14.7 Å². The lowest BCUT2D eigenvalue weighted by molar-refractivity contribution is -0.149. The molecule has 7 nitrogen and oxygen atoms in total. The minimum absolute atomic E-state index is 0.214. The van der Waals surface area contributed by atoms with Gasteiger partial charge in [-0.2, -0.15) is 0 Å². The van der Waals surface area contributed by atoms with Crippen molar-refractivity contribution < 1.29 is 24.0 Å². The minimum atomic E-state index is -1.02. The lowest BCUT2D eigenvalue weighted by Gasteiger charge is -2.34. The summed E-state index contributed by atoms with van der Waals surface area (Å²) in [5, 5.41) is 13.7.